The highest BCUT2D eigenvalue weighted by molar-refractivity contribution is 7.98. The Morgan fingerprint density at radius 2 is 1.75 bits per heavy atom. The average molecular weight is 477 g/mol. The van der Waals surface area contributed by atoms with Crippen molar-refractivity contribution in [1.29, 1.82) is 5.26 Å². The van der Waals surface area contributed by atoms with E-state index in [0.29, 0.717) is 0 Å². The summed E-state index contributed by atoms with van der Waals surface area (Å²) in [5, 5.41) is 10.4. The Morgan fingerprint density at radius 3 is 2.28 bits per heavy atom. The number of pyridine rings is 1. The summed E-state index contributed by atoms with van der Waals surface area (Å²) < 4.78 is 38.4. The molecule has 1 aromatic heterocycles. The topological polar surface area (TPSA) is 123 Å². The zero-order valence-electron chi connectivity index (χ0n) is 18.3. The minimum Gasteiger partial charge on any atom is -0.744 e. The van der Waals surface area contributed by atoms with Crippen LogP contribution in [-0.4, -0.2) is 45.5 Å². The van der Waals surface area contributed by atoms with Crippen molar-refractivity contribution in [3.8, 4) is 6.07 Å². The van der Waals surface area contributed by atoms with Crippen LogP contribution >= 0.6 is 11.8 Å². The highest BCUT2D eigenvalue weighted by atomic mass is 32.2. The zero-order chi connectivity index (χ0) is 23.3. The van der Waals surface area contributed by atoms with Crippen LogP contribution in [0.5, 0.6) is 0 Å². The molecular formula is C22H28N4O4S2. The molecule has 10 heteroatoms. The minimum atomic E-state index is -4.27. The highest BCUT2D eigenvalue weighted by Gasteiger charge is 2.33. The van der Waals surface area contributed by atoms with Gasteiger partial charge in [-0.2, -0.15) is 5.26 Å². The van der Waals surface area contributed by atoms with E-state index in [-0.39, 0.29) is 4.90 Å². The van der Waals surface area contributed by atoms with E-state index in [4.69, 9.17) is 10.6 Å². The summed E-state index contributed by atoms with van der Waals surface area (Å²) in [6.45, 7) is 5.03. The van der Waals surface area contributed by atoms with Crippen molar-refractivity contribution in [2.24, 2.45) is 0 Å². The predicted octanol–water partition coefficient (Wildman–Crippen LogP) is 1.90. The van der Waals surface area contributed by atoms with E-state index in [2.05, 4.69) is 11.0 Å². The Kier molecular flexibility index (Phi) is 8.00. The van der Waals surface area contributed by atoms with Crippen molar-refractivity contribution in [3.05, 3.63) is 46.5 Å². The van der Waals surface area contributed by atoms with Crippen LogP contribution in [0.15, 0.2) is 34.2 Å². The maximum absolute atomic E-state index is 10.4. The summed E-state index contributed by atoms with van der Waals surface area (Å²) >= 11 is 1.56. The molecule has 1 saturated heterocycles. The number of thioether (sulfide) groups is 1. The molecule has 2 heterocycles. The number of nitriles is 1. The molecule has 1 aliphatic carbocycles. The van der Waals surface area contributed by atoms with Crippen LogP contribution in [0.1, 0.15) is 35.1 Å². The molecule has 0 saturated carbocycles. The zero-order valence-corrected chi connectivity index (χ0v) is 20.0. The summed E-state index contributed by atoms with van der Waals surface area (Å²) in [7, 11) is -4.27. The number of morpholine rings is 1. The molecule has 0 amide bonds. The first-order valence-corrected chi connectivity index (χ1v) is 13.1. The van der Waals surface area contributed by atoms with Crippen molar-refractivity contribution in [2.45, 2.75) is 42.5 Å². The number of nitrogen functional groups attached to an aromatic ring is 1. The molecule has 0 unspecified atom stereocenters. The number of nitrogens with zero attached hydrogens (tertiary/aromatic N) is 3. The van der Waals surface area contributed by atoms with Gasteiger partial charge in [0, 0.05) is 5.56 Å². The molecule has 2 N–H and O–H groups in total. The summed E-state index contributed by atoms with van der Waals surface area (Å²) in [6.07, 6.45) is 6.32. The van der Waals surface area contributed by atoms with Crippen LogP contribution in [-0.2, 0) is 27.7 Å². The number of aromatic nitrogens is 1. The van der Waals surface area contributed by atoms with Gasteiger partial charge < -0.3 is 9.29 Å². The molecule has 4 rings (SSSR count). The van der Waals surface area contributed by atoms with Gasteiger partial charge in [-0.05, 0) is 56.6 Å². The molecule has 0 bridgehead atoms. The van der Waals surface area contributed by atoms with Crippen molar-refractivity contribution in [2.75, 3.05) is 43.3 Å². The van der Waals surface area contributed by atoms with Gasteiger partial charge in [0.05, 0.1) is 18.1 Å². The number of rotatable bonds is 3. The van der Waals surface area contributed by atoms with Crippen molar-refractivity contribution in [3.63, 3.8) is 0 Å². The monoisotopic (exact) mass is 476 g/mol. The Labute approximate surface area is 193 Å². The second-order valence-electron chi connectivity index (χ2n) is 7.72. The molecule has 1 aromatic carbocycles. The summed E-state index contributed by atoms with van der Waals surface area (Å²) in [5.41, 5.74) is 4.20. The Morgan fingerprint density at radius 1 is 1.16 bits per heavy atom. The second-order valence-corrected chi connectivity index (χ2v) is 9.90. The molecule has 2 aromatic rings. The van der Waals surface area contributed by atoms with Gasteiger partial charge in [0.15, 0.2) is 0 Å². The number of ether oxygens (including phenoxy) is 1. The maximum Gasteiger partial charge on any atom is 0.304 e. The molecule has 0 atom stereocenters. The van der Waals surface area contributed by atoms with Crippen LogP contribution in [0, 0.1) is 18.3 Å². The fourth-order valence-electron chi connectivity index (χ4n) is 4.06. The molecular weight excluding hydrogens is 448 g/mol. The van der Waals surface area contributed by atoms with Gasteiger partial charge in [0.2, 0.25) is 5.03 Å². The lowest BCUT2D eigenvalue weighted by atomic mass is 9.89. The maximum atomic E-state index is 10.4. The number of benzene rings is 1. The largest absolute Gasteiger partial charge is 0.744 e. The third-order valence-corrected chi connectivity index (χ3v) is 7.26. The van der Waals surface area contributed by atoms with Crippen LogP contribution in [0.25, 0.3) is 0 Å². The molecule has 0 radical (unpaired) electrons. The number of hydrogen-bond acceptors (Lipinski definition) is 8. The van der Waals surface area contributed by atoms with E-state index in [9.17, 15) is 18.2 Å². The fourth-order valence-corrected chi connectivity index (χ4v) is 5.18. The number of aryl methyl sites for hydroxylation is 1. The number of fused-ring (bicyclic) bond motifs is 1. The first-order valence-electron chi connectivity index (χ1n) is 10.5. The van der Waals surface area contributed by atoms with Gasteiger partial charge in [0.25, 0.3) is 0 Å². The summed E-state index contributed by atoms with van der Waals surface area (Å²) in [5.74, 6) is 7.48. The van der Waals surface area contributed by atoms with Crippen LogP contribution in [0.4, 0.5) is 5.82 Å². The molecule has 0 spiro atoms. The summed E-state index contributed by atoms with van der Waals surface area (Å²) in [4.78, 5) is 2.14. The van der Waals surface area contributed by atoms with Gasteiger partial charge in [-0.3, -0.25) is 10.7 Å². The third-order valence-electron chi connectivity index (χ3n) is 5.63. The predicted molar refractivity (Wildman–Crippen MR) is 122 cm³/mol. The highest BCUT2D eigenvalue weighted by Crippen LogP contribution is 2.34. The van der Waals surface area contributed by atoms with E-state index in [1.165, 1.54) is 29.7 Å². The number of anilines is 1. The van der Waals surface area contributed by atoms with Crippen LogP contribution in [0.3, 0.4) is 0 Å². The molecule has 1 aliphatic heterocycles. The van der Waals surface area contributed by atoms with Crippen molar-refractivity contribution < 1.29 is 22.4 Å². The lowest BCUT2D eigenvalue weighted by Gasteiger charge is -2.28. The summed E-state index contributed by atoms with van der Waals surface area (Å²) in [6, 6.07) is 8.16. The van der Waals surface area contributed by atoms with Gasteiger partial charge >= 0.3 is 5.82 Å². The molecule has 2 aliphatic rings. The smallest absolute Gasteiger partial charge is 0.304 e. The molecule has 1 fully saturated rings. The normalized spacial score (nSPS) is 15.9. The molecule has 8 nitrogen and oxygen atoms in total. The van der Waals surface area contributed by atoms with E-state index >= 15 is 0 Å². The van der Waals surface area contributed by atoms with E-state index < -0.39 is 10.1 Å². The Balaban J connectivity index is 0.000000222. The minimum absolute atomic E-state index is 0.178. The Bertz CT molecular complexity index is 1110. The molecule has 32 heavy (non-hydrogen) atoms. The van der Waals surface area contributed by atoms with Crippen molar-refractivity contribution >= 4 is 27.7 Å². The lowest BCUT2D eigenvalue weighted by Crippen LogP contribution is -2.55. The van der Waals surface area contributed by atoms with Crippen molar-refractivity contribution in [1.82, 2.24) is 0 Å². The van der Waals surface area contributed by atoms with Crippen LogP contribution in [0.2, 0.25) is 0 Å². The van der Waals surface area contributed by atoms with E-state index in [0.717, 1.165) is 67.5 Å². The average Bonchev–Trinajstić information content (AvgIpc) is 2.79. The fraction of sp³-hybridized carbons (Fsp3) is 0.455. The van der Waals surface area contributed by atoms with E-state index in [1.54, 1.807) is 28.6 Å². The quantitative estimate of drug-likeness (QED) is 0.308. The standard InChI is InChI=1S/C15H21N4OS.C7H8O3S/c1-21-15-13(10-16)11-4-2-3-5-12(11)14(19(15)17)18-6-8-20-9-7-18;1-6-2-4-7(5-3-6)11(8,9)10/h2-9,17H2,1H3;2-5H,1H3,(H,8,9,10)/q+1;/p-1. The number of nitrogens with two attached hydrogens (primary N) is 1. The van der Waals surface area contributed by atoms with E-state index in [1.807, 2.05) is 13.2 Å². The SMILES string of the molecule is CSc1c(C#N)c2c(c(N3CCOCC3)[n+]1N)CCCC2.Cc1ccc(S(=O)(=O)[O-])cc1. The third kappa shape index (κ3) is 5.35. The molecule has 172 valence electrons. The van der Waals surface area contributed by atoms with Gasteiger partial charge in [-0.25, -0.2) is 8.42 Å². The first kappa shape index (κ1) is 24.3. The van der Waals surface area contributed by atoms with Gasteiger partial charge in [-0.15, -0.1) is 4.68 Å². The van der Waals surface area contributed by atoms with Gasteiger partial charge in [-0.1, -0.05) is 29.5 Å². The first-order chi connectivity index (χ1) is 15.3. The lowest BCUT2D eigenvalue weighted by molar-refractivity contribution is -0.665. The number of hydrogen-bond donors (Lipinski definition) is 1. The van der Waals surface area contributed by atoms with Gasteiger partial charge in [0.1, 0.15) is 34.8 Å². The van der Waals surface area contributed by atoms with Crippen LogP contribution < -0.4 is 15.4 Å². The Hall–Kier alpha value is -2.32. The second kappa shape index (κ2) is 10.5.